The molecular formula is C17H14N2O2S2. The minimum Gasteiger partial charge on any atom is -0.431 e. The second-order valence-electron chi connectivity index (χ2n) is 4.61. The summed E-state index contributed by atoms with van der Waals surface area (Å²) >= 11 is 3.06. The third-order valence-electron chi connectivity index (χ3n) is 3.06. The van der Waals surface area contributed by atoms with Gasteiger partial charge in [-0.05, 0) is 48.7 Å². The van der Waals surface area contributed by atoms with Gasteiger partial charge >= 0.3 is 0 Å². The molecule has 0 bridgehead atoms. The third-order valence-corrected chi connectivity index (χ3v) is 4.43. The summed E-state index contributed by atoms with van der Waals surface area (Å²) in [4.78, 5) is 17.4. The zero-order valence-corrected chi connectivity index (χ0v) is 14.0. The van der Waals surface area contributed by atoms with Gasteiger partial charge < -0.3 is 10.1 Å². The zero-order chi connectivity index (χ0) is 16.1. The molecule has 0 atom stereocenters. The molecule has 0 spiro atoms. The molecule has 0 radical (unpaired) electrons. The monoisotopic (exact) mass is 342 g/mol. The maximum atomic E-state index is 12.3. The molecule has 6 heteroatoms. The molecule has 1 heterocycles. The van der Waals surface area contributed by atoms with Crippen LogP contribution in [0.5, 0.6) is 10.9 Å². The molecule has 1 amide bonds. The number of hydrogen-bond donors (Lipinski definition) is 1. The van der Waals surface area contributed by atoms with Gasteiger partial charge in [-0.3, -0.25) is 4.79 Å². The van der Waals surface area contributed by atoms with E-state index in [2.05, 4.69) is 10.3 Å². The van der Waals surface area contributed by atoms with Crippen LogP contribution in [0.2, 0.25) is 0 Å². The second-order valence-corrected chi connectivity index (χ2v) is 6.35. The van der Waals surface area contributed by atoms with Gasteiger partial charge in [-0.15, -0.1) is 11.8 Å². The molecule has 2 aromatic carbocycles. The van der Waals surface area contributed by atoms with E-state index in [1.54, 1.807) is 42.2 Å². The highest BCUT2D eigenvalue weighted by atomic mass is 32.2. The molecule has 0 saturated carbocycles. The highest BCUT2D eigenvalue weighted by Crippen LogP contribution is 2.24. The number of anilines is 1. The Hall–Kier alpha value is -2.31. The Kier molecular flexibility index (Phi) is 4.95. The molecule has 0 fully saturated rings. The van der Waals surface area contributed by atoms with E-state index in [0.717, 1.165) is 10.6 Å². The van der Waals surface area contributed by atoms with Crippen LogP contribution in [0.4, 0.5) is 5.69 Å². The van der Waals surface area contributed by atoms with E-state index in [1.807, 2.05) is 35.9 Å². The molecule has 116 valence electrons. The minimum atomic E-state index is -0.149. The number of nitrogens with one attached hydrogen (secondary N) is 1. The number of aromatic nitrogens is 1. The molecule has 3 rings (SSSR count). The smallest absolute Gasteiger partial charge is 0.278 e. The summed E-state index contributed by atoms with van der Waals surface area (Å²) in [7, 11) is 0. The van der Waals surface area contributed by atoms with Gasteiger partial charge in [0.25, 0.3) is 11.1 Å². The van der Waals surface area contributed by atoms with Gasteiger partial charge in [-0.2, -0.15) is 0 Å². The summed E-state index contributed by atoms with van der Waals surface area (Å²) in [5.41, 5.74) is 1.36. The Balaban J connectivity index is 1.67. The Morgan fingerprint density at radius 3 is 2.74 bits per heavy atom. The van der Waals surface area contributed by atoms with Crippen LogP contribution in [0.25, 0.3) is 0 Å². The quantitative estimate of drug-likeness (QED) is 0.669. The van der Waals surface area contributed by atoms with Crippen LogP contribution in [0, 0.1) is 0 Å². The molecule has 1 aromatic heterocycles. The normalized spacial score (nSPS) is 10.3. The van der Waals surface area contributed by atoms with Crippen molar-refractivity contribution in [2.45, 2.75) is 4.90 Å². The van der Waals surface area contributed by atoms with Crippen molar-refractivity contribution in [2.75, 3.05) is 11.6 Å². The van der Waals surface area contributed by atoms with Crippen molar-refractivity contribution in [1.82, 2.24) is 4.98 Å². The van der Waals surface area contributed by atoms with Crippen molar-refractivity contribution in [2.24, 2.45) is 0 Å². The van der Waals surface area contributed by atoms with Crippen LogP contribution < -0.4 is 10.1 Å². The first kappa shape index (κ1) is 15.6. The standard InChI is InChI=1S/C17H14N2O2S2/c1-22-15-4-2-3-13(11-15)19-16(20)12-5-7-14(8-6-12)21-17-18-9-10-23-17/h2-11H,1H3,(H,19,20). The first-order valence-electron chi connectivity index (χ1n) is 6.87. The van der Waals surface area contributed by atoms with E-state index in [9.17, 15) is 4.79 Å². The van der Waals surface area contributed by atoms with Gasteiger partial charge in [-0.25, -0.2) is 4.98 Å². The number of thiazole rings is 1. The Morgan fingerprint density at radius 2 is 2.04 bits per heavy atom. The number of nitrogens with zero attached hydrogens (tertiary/aromatic N) is 1. The van der Waals surface area contributed by atoms with Gasteiger partial charge in [0.2, 0.25) is 0 Å². The largest absolute Gasteiger partial charge is 0.431 e. The first-order valence-corrected chi connectivity index (χ1v) is 8.98. The summed E-state index contributed by atoms with van der Waals surface area (Å²) in [6, 6.07) is 14.7. The summed E-state index contributed by atoms with van der Waals surface area (Å²) < 4.78 is 5.57. The van der Waals surface area contributed by atoms with Gasteiger partial charge in [0.1, 0.15) is 5.75 Å². The van der Waals surface area contributed by atoms with E-state index in [1.165, 1.54) is 11.3 Å². The molecule has 4 nitrogen and oxygen atoms in total. The van der Waals surface area contributed by atoms with E-state index in [-0.39, 0.29) is 5.91 Å². The average molecular weight is 342 g/mol. The third kappa shape index (κ3) is 4.12. The Morgan fingerprint density at radius 1 is 1.22 bits per heavy atom. The van der Waals surface area contributed by atoms with E-state index >= 15 is 0 Å². The Bertz CT molecular complexity index is 787. The fraction of sp³-hybridized carbons (Fsp3) is 0.0588. The summed E-state index contributed by atoms with van der Waals surface area (Å²) in [6.07, 6.45) is 3.69. The van der Waals surface area contributed by atoms with Gasteiger partial charge in [0, 0.05) is 27.7 Å². The molecule has 0 aliphatic heterocycles. The predicted octanol–water partition coefficient (Wildman–Crippen LogP) is 4.91. The number of benzene rings is 2. The number of carbonyl (C=O) groups is 1. The van der Waals surface area contributed by atoms with Crippen molar-refractivity contribution in [3.8, 4) is 10.9 Å². The summed E-state index contributed by atoms with van der Waals surface area (Å²) in [5, 5.41) is 5.32. The van der Waals surface area contributed by atoms with E-state index in [0.29, 0.717) is 16.5 Å². The lowest BCUT2D eigenvalue weighted by Crippen LogP contribution is -2.11. The predicted molar refractivity (Wildman–Crippen MR) is 94.8 cm³/mol. The van der Waals surface area contributed by atoms with E-state index < -0.39 is 0 Å². The van der Waals surface area contributed by atoms with Gasteiger partial charge in [0.15, 0.2) is 0 Å². The second kappa shape index (κ2) is 7.30. The molecule has 0 aliphatic carbocycles. The van der Waals surface area contributed by atoms with Crippen LogP contribution in [0.15, 0.2) is 65.0 Å². The van der Waals surface area contributed by atoms with Crippen LogP contribution in [-0.2, 0) is 0 Å². The fourth-order valence-electron chi connectivity index (χ4n) is 1.94. The number of amides is 1. The van der Waals surface area contributed by atoms with E-state index in [4.69, 9.17) is 4.74 Å². The topological polar surface area (TPSA) is 51.2 Å². The van der Waals surface area contributed by atoms with Crippen LogP contribution in [0.3, 0.4) is 0 Å². The molecular weight excluding hydrogens is 328 g/mol. The molecule has 3 aromatic rings. The first-order chi connectivity index (χ1) is 11.2. The number of rotatable bonds is 5. The lowest BCUT2D eigenvalue weighted by Gasteiger charge is -2.07. The minimum absolute atomic E-state index is 0.149. The lowest BCUT2D eigenvalue weighted by atomic mass is 10.2. The molecule has 0 aliphatic rings. The lowest BCUT2D eigenvalue weighted by molar-refractivity contribution is 0.102. The summed E-state index contributed by atoms with van der Waals surface area (Å²) in [6.45, 7) is 0. The molecule has 0 saturated heterocycles. The molecule has 23 heavy (non-hydrogen) atoms. The number of thioether (sulfide) groups is 1. The van der Waals surface area contributed by atoms with Crippen molar-refractivity contribution >= 4 is 34.7 Å². The van der Waals surface area contributed by atoms with Crippen LogP contribution in [0.1, 0.15) is 10.4 Å². The Labute approximate surface area is 142 Å². The number of carbonyl (C=O) groups excluding carboxylic acids is 1. The maximum absolute atomic E-state index is 12.3. The average Bonchev–Trinajstić information content (AvgIpc) is 3.08. The fourth-order valence-corrected chi connectivity index (χ4v) is 2.90. The van der Waals surface area contributed by atoms with Crippen molar-refractivity contribution < 1.29 is 9.53 Å². The molecule has 0 unspecified atom stereocenters. The maximum Gasteiger partial charge on any atom is 0.278 e. The van der Waals surface area contributed by atoms with Gasteiger partial charge in [-0.1, -0.05) is 17.4 Å². The van der Waals surface area contributed by atoms with Crippen molar-refractivity contribution in [1.29, 1.82) is 0 Å². The zero-order valence-electron chi connectivity index (χ0n) is 12.4. The highest BCUT2D eigenvalue weighted by molar-refractivity contribution is 7.98. The summed E-state index contributed by atoms with van der Waals surface area (Å²) in [5.74, 6) is 0.505. The molecule has 1 N–H and O–H groups in total. The highest BCUT2D eigenvalue weighted by Gasteiger charge is 2.07. The van der Waals surface area contributed by atoms with Gasteiger partial charge in [0.05, 0.1) is 0 Å². The van der Waals surface area contributed by atoms with Crippen molar-refractivity contribution in [3.05, 3.63) is 65.7 Å². The SMILES string of the molecule is CSc1cccc(NC(=O)c2ccc(Oc3nccs3)cc2)c1. The van der Waals surface area contributed by atoms with Crippen LogP contribution in [-0.4, -0.2) is 17.1 Å². The van der Waals surface area contributed by atoms with Crippen molar-refractivity contribution in [3.63, 3.8) is 0 Å². The number of ether oxygens (including phenoxy) is 1. The number of hydrogen-bond acceptors (Lipinski definition) is 5. The van der Waals surface area contributed by atoms with Crippen LogP contribution >= 0.6 is 23.1 Å².